The summed E-state index contributed by atoms with van der Waals surface area (Å²) in [5, 5.41) is 6.54. The van der Waals surface area contributed by atoms with Gasteiger partial charge in [-0.1, -0.05) is 19.0 Å². The van der Waals surface area contributed by atoms with Crippen molar-refractivity contribution in [1.29, 1.82) is 0 Å². The number of nitrogens with zero attached hydrogens (tertiary/aromatic N) is 3. The van der Waals surface area contributed by atoms with Crippen LogP contribution in [0.1, 0.15) is 47.0 Å². The minimum Gasteiger partial charge on any atom is -0.463 e. The van der Waals surface area contributed by atoms with Gasteiger partial charge in [-0.15, -0.1) is 0 Å². The molecule has 0 aromatic carbocycles. The summed E-state index contributed by atoms with van der Waals surface area (Å²) in [6.45, 7) is 7.39. The Labute approximate surface area is 142 Å². The second-order valence-corrected chi connectivity index (χ2v) is 5.65. The van der Waals surface area contributed by atoms with Crippen LogP contribution >= 0.6 is 0 Å². The zero-order valence-electron chi connectivity index (χ0n) is 14.7. The Balaban J connectivity index is 3.17. The summed E-state index contributed by atoms with van der Waals surface area (Å²) >= 11 is 0. The van der Waals surface area contributed by atoms with E-state index in [4.69, 9.17) is 15.0 Å². The number of hydrogen-bond acceptors (Lipinski definition) is 5. The smallest absolute Gasteiger partial charge is 0.333 e. The molecular weight excluding hydrogens is 312 g/mol. The Bertz CT molecular complexity index is 524. The van der Waals surface area contributed by atoms with Crippen LogP contribution in [0, 0.1) is 0 Å². The molecule has 0 heterocycles. The highest BCUT2D eigenvalue weighted by atomic mass is 16.5. The number of carbonyl (C=O) groups is 2. The van der Waals surface area contributed by atoms with E-state index < -0.39 is 24.2 Å². The van der Waals surface area contributed by atoms with Gasteiger partial charge in [-0.25, -0.2) is 4.79 Å². The second kappa shape index (κ2) is 9.95. The van der Waals surface area contributed by atoms with Crippen molar-refractivity contribution in [2.45, 2.75) is 71.2 Å². The molecule has 0 saturated heterocycles. The maximum Gasteiger partial charge on any atom is 0.333 e. The summed E-state index contributed by atoms with van der Waals surface area (Å²) in [4.78, 5) is 26.5. The fraction of sp³-hybridized carbons (Fsp3) is 0.750. The van der Waals surface area contributed by atoms with E-state index in [0.717, 1.165) is 12.8 Å². The van der Waals surface area contributed by atoms with Gasteiger partial charge in [0.2, 0.25) is 5.91 Å². The molecule has 1 aliphatic rings. The van der Waals surface area contributed by atoms with Crippen LogP contribution in [0.15, 0.2) is 16.8 Å². The normalized spacial score (nSPS) is 23.2. The third-order valence-corrected chi connectivity index (χ3v) is 3.93. The molecule has 0 unspecified atom stereocenters. The third kappa shape index (κ3) is 5.54. The Morgan fingerprint density at radius 3 is 2.58 bits per heavy atom. The van der Waals surface area contributed by atoms with Gasteiger partial charge in [0.1, 0.15) is 0 Å². The number of esters is 1. The molecule has 0 aliphatic heterocycles. The second-order valence-electron chi connectivity index (χ2n) is 5.65. The largest absolute Gasteiger partial charge is 0.463 e. The lowest BCUT2D eigenvalue weighted by molar-refractivity contribution is -0.139. The summed E-state index contributed by atoms with van der Waals surface area (Å²) in [6.07, 6.45) is 2.92. The molecule has 0 fully saturated rings. The average molecular weight is 338 g/mol. The predicted octanol–water partition coefficient (Wildman–Crippen LogP) is 2.64. The Kier molecular flexibility index (Phi) is 8.29. The predicted molar refractivity (Wildman–Crippen MR) is 89.1 cm³/mol. The van der Waals surface area contributed by atoms with Gasteiger partial charge in [0.25, 0.3) is 0 Å². The molecule has 1 amide bonds. The van der Waals surface area contributed by atoms with Gasteiger partial charge in [-0.2, -0.15) is 0 Å². The zero-order valence-corrected chi connectivity index (χ0v) is 14.7. The third-order valence-electron chi connectivity index (χ3n) is 3.93. The van der Waals surface area contributed by atoms with E-state index in [1.165, 1.54) is 6.92 Å². The van der Waals surface area contributed by atoms with Crippen molar-refractivity contribution in [2.24, 2.45) is 5.11 Å². The van der Waals surface area contributed by atoms with E-state index >= 15 is 0 Å². The summed E-state index contributed by atoms with van der Waals surface area (Å²) in [7, 11) is 0. The fourth-order valence-electron chi connectivity index (χ4n) is 2.74. The summed E-state index contributed by atoms with van der Waals surface area (Å²) in [5.41, 5.74) is 9.24. The fourth-order valence-corrected chi connectivity index (χ4v) is 2.74. The molecule has 1 aliphatic carbocycles. The van der Waals surface area contributed by atoms with Gasteiger partial charge in [-0.3, -0.25) is 4.79 Å². The number of azide groups is 1. The molecule has 8 nitrogen and oxygen atoms in total. The Hall–Kier alpha value is -2.05. The molecule has 0 spiro atoms. The van der Waals surface area contributed by atoms with Crippen molar-refractivity contribution >= 4 is 11.9 Å². The zero-order chi connectivity index (χ0) is 18.1. The highest BCUT2D eigenvalue weighted by Crippen LogP contribution is 2.27. The van der Waals surface area contributed by atoms with E-state index in [1.807, 2.05) is 13.8 Å². The topological polar surface area (TPSA) is 113 Å². The highest BCUT2D eigenvalue weighted by molar-refractivity contribution is 5.89. The first-order valence-electron chi connectivity index (χ1n) is 8.31. The quantitative estimate of drug-likeness (QED) is 0.317. The van der Waals surface area contributed by atoms with Gasteiger partial charge >= 0.3 is 5.97 Å². The van der Waals surface area contributed by atoms with Crippen molar-refractivity contribution in [3.05, 3.63) is 22.1 Å². The van der Waals surface area contributed by atoms with Crippen molar-refractivity contribution in [3.8, 4) is 0 Å². The maximum atomic E-state index is 12.1. The van der Waals surface area contributed by atoms with Crippen LogP contribution in [0.4, 0.5) is 0 Å². The summed E-state index contributed by atoms with van der Waals surface area (Å²) in [6, 6.07) is -1.13. The minimum atomic E-state index is -0.609. The molecule has 0 aromatic rings. The van der Waals surface area contributed by atoms with Crippen LogP contribution in [-0.4, -0.2) is 42.8 Å². The highest BCUT2D eigenvalue weighted by Gasteiger charge is 2.37. The molecule has 0 radical (unpaired) electrons. The first-order valence-corrected chi connectivity index (χ1v) is 8.31. The minimum absolute atomic E-state index is 0.0178. The first-order chi connectivity index (χ1) is 11.5. The molecule has 0 aromatic heterocycles. The Morgan fingerprint density at radius 2 is 2.08 bits per heavy atom. The maximum absolute atomic E-state index is 12.1. The van der Waals surface area contributed by atoms with E-state index in [1.54, 1.807) is 13.0 Å². The standard InChI is InChI=1S/C16H26N4O4/c1-5-12(6-2)24-14-9-11(16(22)23-7-3)8-13(19-20-17)15(14)18-10(4)21/h9,12-15H,5-8H2,1-4H3,(H,18,21)/t13-,14+,15-/m0/s1. The van der Waals surface area contributed by atoms with Gasteiger partial charge in [0.05, 0.1) is 30.9 Å². The van der Waals surface area contributed by atoms with Gasteiger partial charge < -0.3 is 14.8 Å². The number of rotatable bonds is 8. The lowest BCUT2D eigenvalue weighted by Crippen LogP contribution is -2.53. The van der Waals surface area contributed by atoms with E-state index in [0.29, 0.717) is 5.57 Å². The average Bonchev–Trinajstić information content (AvgIpc) is 2.54. The summed E-state index contributed by atoms with van der Waals surface area (Å²) in [5.74, 6) is -0.695. The van der Waals surface area contributed by atoms with Crippen molar-refractivity contribution in [3.63, 3.8) is 0 Å². The van der Waals surface area contributed by atoms with Crippen molar-refractivity contribution < 1.29 is 19.1 Å². The van der Waals surface area contributed by atoms with Crippen molar-refractivity contribution in [1.82, 2.24) is 5.32 Å². The van der Waals surface area contributed by atoms with Crippen LogP contribution in [0.5, 0.6) is 0 Å². The van der Waals surface area contributed by atoms with Crippen LogP contribution < -0.4 is 5.32 Å². The number of ether oxygens (including phenoxy) is 2. The van der Waals surface area contributed by atoms with Crippen LogP contribution in [0.2, 0.25) is 0 Å². The molecule has 1 rings (SSSR count). The number of nitrogens with one attached hydrogen (secondary N) is 1. The molecular formula is C16H26N4O4. The van der Waals surface area contributed by atoms with Crippen LogP contribution in [0.25, 0.3) is 10.4 Å². The van der Waals surface area contributed by atoms with Gasteiger partial charge in [0, 0.05) is 17.4 Å². The monoisotopic (exact) mass is 338 g/mol. The number of amides is 1. The SMILES string of the molecule is CCOC(=O)C1=C[C@@H](OC(CC)CC)[C@@H](NC(C)=O)[C@@H](N=[N+]=[N-])C1. The number of carbonyl (C=O) groups excluding carboxylic acids is 2. The molecule has 0 bridgehead atoms. The van der Waals surface area contributed by atoms with Gasteiger partial charge in [0.15, 0.2) is 0 Å². The van der Waals surface area contributed by atoms with Crippen LogP contribution in [0.3, 0.4) is 0 Å². The molecule has 1 N–H and O–H groups in total. The van der Waals surface area contributed by atoms with E-state index in [2.05, 4.69) is 15.3 Å². The molecule has 134 valence electrons. The number of hydrogen-bond donors (Lipinski definition) is 1. The molecule has 8 heteroatoms. The Morgan fingerprint density at radius 1 is 1.42 bits per heavy atom. The summed E-state index contributed by atoms with van der Waals surface area (Å²) < 4.78 is 11.1. The van der Waals surface area contributed by atoms with Crippen molar-refractivity contribution in [2.75, 3.05) is 6.61 Å². The molecule has 0 saturated carbocycles. The molecule has 3 atom stereocenters. The lowest BCUT2D eigenvalue weighted by atomic mass is 9.88. The van der Waals surface area contributed by atoms with E-state index in [9.17, 15) is 9.59 Å². The first kappa shape index (κ1) is 20.0. The van der Waals surface area contributed by atoms with E-state index in [-0.39, 0.29) is 25.0 Å². The lowest BCUT2D eigenvalue weighted by Gasteiger charge is -2.36. The van der Waals surface area contributed by atoms with Gasteiger partial charge in [-0.05, 0) is 37.8 Å². The van der Waals surface area contributed by atoms with Crippen LogP contribution in [-0.2, 0) is 19.1 Å². The molecule has 24 heavy (non-hydrogen) atoms.